The van der Waals surface area contributed by atoms with E-state index in [2.05, 4.69) is 65.7 Å². The van der Waals surface area contributed by atoms with E-state index in [1.54, 1.807) is 0 Å². The van der Waals surface area contributed by atoms with Crippen molar-refractivity contribution < 1.29 is 0 Å². The average Bonchev–Trinajstić information content (AvgIpc) is 2.88. The first-order valence-electron chi connectivity index (χ1n) is 6.31. The summed E-state index contributed by atoms with van der Waals surface area (Å²) in [5.41, 5.74) is 2.55. The van der Waals surface area contributed by atoms with Crippen LogP contribution in [0, 0.1) is 0 Å². The Labute approximate surface area is 109 Å². The van der Waals surface area contributed by atoms with E-state index in [9.17, 15) is 0 Å². The number of aromatic amines is 1. The zero-order valence-corrected chi connectivity index (χ0v) is 11.1. The molecule has 1 unspecified atom stereocenters. The van der Waals surface area contributed by atoms with Gasteiger partial charge in [0.25, 0.3) is 0 Å². The minimum Gasteiger partial charge on any atom is -0.364 e. The summed E-state index contributed by atoms with van der Waals surface area (Å²) in [4.78, 5) is 5.43. The number of nitrogens with one attached hydrogen (secondary N) is 2. The SMILES string of the molecule is CN(C)CC(NCc1ccc[nH]1)c1ccccc1. The van der Waals surface area contributed by atoms with E-state index in [-0.39, 0.29) is 0 Å². The van der Waals surface area contributed by atoms with Crippen molar-refractivity contribution in [3.63, 3.8) is 0 Å². The fourth-order valence-corrected chi connectivity index (χ4v) is 2.05. The maximum absolute atomic E-state index is 3.60. The molecule has 2 aromatic rings. The topological polar surface area (TPSA) is 31.1 Å². The summed E-state index contributed by atoms with van der Waals surface area (Å²) in [5.74, 6) is 0. The highest BCUT2D eigenvalue weighted by molar-refractivity contribution is 5.19. The number of hydrogen-bond acceptors (Lipinski definition) is 2. The zero-order valence-electron chi connectivity index (χ0n) is 11.1. The maximum Gasteiger partial charge on any atom is 0.0452 e. The standard InChI is InChI=1S/C15H21N3/c1-18(2)12-15(13-7-4-3-5-8-13)17-11-14-9-6-10-16-14/h3-10,15-17H,11-12H2,1-2H3. The van der Waals surface area contributed by atoms with Gasteiger partial charge in [-0.25, -0.2) is 0 Å². The predicted octanol–water partition coefficient (Wildman–Crippen LogP) is 2.41. The van der Waals surface area contributed by atoms with Crippen LogP contribution in [0.1, 0.15) is 17.3 Å². The summed E-state index contributed by atoms with van der Waals surface area (Å²) < 4.78 is 0. The predicted molar refractivity (Wildman–Crippen MR) is 75.4 cm³/mol. The van der Waals surface area contributed by atoms with E-state index in [0.717, 1.165) is 13.1 Å². The number of benzene rings is 1. The monoisotopic (exact) mass is 243 g/mol. The quantitative estimate of drug-likeness (QED) is 0.816. The Kier molecular flexibility index (Phi) is 4.56. The Morgan fingerprint density at radius 2 is 1.89 bits per heavy atom. The number of hydrogen-bond donors (Lipinski definition) is 2. The van der Waals surface area contributed by atoms with Crippen molar-refractivity contribution in [2.75, 3.05) is 20.6 Å². The fraction of sp³-hybridized carbons (Fsp3) is 0.333. The van der Waals surface area contributed by atoms with Crippen LogP contribution < -0.4 is 5.32 Å². The van der Waals surface area contributed by atoms with Gasteiger partial charge in [-0.3, -0.25) is 0 Å². The molecular weight excluding hydrogens is 222 g/mol. The second-order valence-corrected chi connectivity index (χ2v) is 4.80. The molecule has 1 atom stereocenters. The Balaban J connectivity index is 2.01. The molecule has 0 radical (unpaired) electrons. The van der Waals surface area contributed by atoms with Crippen LogP contribution in [0.2, 0.25) is 0 Å². The summed E-state index contributed by atoms with van der Waals surface area (Å²) in [5, 5.41) is 3.60. The van der Waals surface area contributed by atoms with E-state index in [1.165, 1.54) is 11.3 Å². The molecule has 3 nitrogen and oxygen atoms in total. The molecule has 3 heteroatoms. The Morgan fingerprint density at radius 1 is 1.11 bits per heavy atom. The number of aromatic nitrogens is 1. The van der Waals surface area contributed by atoms with Gasteiger partial charge in [0.1, 0.15) is 0 Å². The summed E-state index contributed by atoms with van der Waals surface area (Å²) in [6.07, 6.45) is 1.96. The highest BCUT2D eigenvalue weighted by atomic mass is 15.1. The molecule has 2 rings (SSSR count). The molecule has 0 aliphatic carbocycles. The van der Waals surface area contributed by atoms with Crippen molar-refractivity contribution >= 4 is 0 Å². The van der Waals surface area contributed by atoms with Gasteiger partial charge in [0.15, 0.2) is 0 Å². The lowest BCUT2D eigenvalue weighted by atomic mass is 10.1. The summed E-state index contributed by atoms with van der Waals surface area (Å²) in [7, 11) is 4.21. The molecule has 1 heterocycles. The van der Waals surface area contributed by atoms with E-state index in [1.807, 2.05) is 12.3 Å². The lowest BCUT2D eigenvalue weighted by Crippen LogP contribution is -2.31. The smallest absolute Gasteiger partial charge is 0.0452 e. The van der Waals surface area contributed by atoms with Crippen LogP contribution in [0.4, 0.5) is 0 Å². The molecule has 0 saturated heterocycles. The second-order valence-electron chi connectivity index (χ2n) is 4.80. The first kappa shape index (κ1) is 12.9. The van der Waals surface area contributed by atoms with Gasteiger partial charge in [-0.2, -0.15) is 0 Å². The Bertz CT molecular complexity index is 434. The van der Waals surface area contributed by atoms with E-state index in [0.29, 0.717) is 6.04 Å². The van der Waals surface area contributed by atoms with E-state index in [4.69, 9.17) is 0 Å². The zero-order chi connectivity index (χ0) is 12.8. The number of likely N-dealkylation sites (N-methyl/N-ethyl adjacent to an activating group) is 1. The minimum atomic E-state index is 0.351. The summed E-state index contributed by atoms with van der Waals surface area (Å²) >= 11 is 0. The Hall–Kier alpha value is -1.58. The van der Waals surface area contributed by atoms with Crippen LogP contribution in [0.5, 0.6) is 0 Å². The van der Waals surface area contributed by atoms with Gasteiger partial charge in [0.2, 0.25) is 0 Å². The highest BCUT2D eigenvalue weighted by Crippen LogP contribution is 2.13. The van der Waals surface area contributed by atoms with Crippen LogP contribution in [-0.2, 0) is 6.54 Å². The van der Waals surface area contributed by atoms with Crippen molar-refractivity contribution in [1.82, 2.24) is 15.2 Å². The summed E-state index contributed by atoms with van der Waals surface area (Å²) in [6, 6.07) is 15.1. The van der Waals surface area contributed by atoms with E-state index >= 15 is 0 Å². The van der Waals surface area contributed by atoms with Crippen molar-refractivity contribution in [2.24, 2.45) is 0 Å². The van der Waals surface area contributed by atoms with Gasteiger partial charge in [-0.05, 0) is 31.8 Å². The number of H-pyrrole nitrogens is 1. The van der Waals surface area contributed by atoms with Gasteiger partial charge >= 0.3 is 0 Å². The molecule has 0 aliphatic rings. The summed E-state index contributed by atoms with van der Waals surface area (Å²) in [6.45, 7) is 1.85. The molecular formula is C15H21N3. The molecule has 0 amide bonds. The number of nitrogens with zero attached hydrogens (tertiary/aromatic N) is 1. The van der Waals surface area contributed by atoms with Crippen LogP contribution in [-0.4, -0.2) is 30.5 Å². The van der Waals surface area contributed by atoms with Crippen LogP contribution >= 0.6 is 0 Å². The third kappa shape index (κ3) is 3.72. The third-order valence-corrected chi connectivity index (χ3v) is 2.95. The Morgan fingerprint density at radius 3 is 2.50 bits per heavy atom. The van der Waals surface area contributed by atoms with Crippen molar-refractivity contribution in [3.05, 3.63) is 59.9 Å². The largest absolute Gasteiger partial charge is 0.364 e. The molecule has 2 N–H and O–H groups in total. The van der Waals surface area contributed by atoms with Crippen molar-refractivity contribution in [1.29, 1.82) is 0 Å². The lowest BCUT2D eigenvalue weighted by Gasteiger charge is -2.22. The maximum atomic E-state index is 3.60. The molecule has 0 aliphatic heterocycles. The van der Waals surface area contributed by atoms with E-state index < -0.39 is 0 Å². The molecule has 0 saturated carbocycles. The molecule has 0 bridgehead atoms. The lowest BCUT2D eigenvalue weighted by molar-refractivity contribution is 0.340. The highest BCUT2D eigenvalue weighted by Gasteiger charge is 2.11. The molecule has 18 heavy (non-hydrogen) atoms. The van der Waals surface area contributed by atoms with Gasteiger partial charge in [-0.15, -0.1) is 0 Å². The van der Waals surface area contributed by atoms with Gasteiger partial charge in [0, 0.05) is 31.0 Å². The fourth-order valence-electron chi connectivity index (χ4n) is 2.05. The second kappa shape index (κ2) is 6.38. The van der Waals surface area contributed by atoms with Crippen molar-refractivity contribution in [3.8, 4) is 0 Å². The average molecular weight is 243 g/mol. The van der Waals surface area contributed by atoms with Crippen LogP contribution in [0.15, 0.2) is 48.7 Å². The first-order chi connectivity index (χ1) is 8.75. The third-order valence-electron chi connectivity index (χ3n) is 2.95. The molecule has 0 fully saturated rings. The van der Waals surface area contributed by atoms with Crippen molar-refractivity contribution in [2.45, 2.75) is 12.6 Å². The van der Waals surface area contributed by atoms with Crippen LogP contribution in [0.25, 0.3) is 0 Å². The van der Waals surface area contributed by atoms with Crippen LogP contribution in [0.3, 0.4) is 0 Å². The minimum absolute atomic E-state index is 0.351. The molecule has 1 aromatic carbocycles. The normalized spacial score (nSPS) is 12.8. The first-order valence-corrected chi connectivity index (χ1v) is 6.31. The van der Waals surface area contributed by atoms with Gasteiger partial charge in [-0.1, -0.05) is 30.3 Å². The number of rotatable bonds is 6. The van der Waals surface area contributed by atoms with Gasteiger partial charge < -0.3 is 15.2 Å². The molecule has 96 valence electrons. The molecule has 0 spiro atoms. The molecule has 1 aromatic heterocycles. The van der Waals surface area contributed by atoms with Gasteiger partial charge in [0.05, 0.1) is 0 Å².